The Hall–Kier alpha value is -0.450. The maximum Gasteiger partial charge on any atom is 0.137 e. The summed E-state index contributed by atoms with van der Waals surface area (Å²) >= 11 is 3.36. The molecule has 0 bridgehead atoms. The van der Waals surface area contributed by atoms with Crippen molar-refractivity contribution >= 4 is 15.9 Å². The maximum atomic E-state index is 13.6. The van der Waals surface area contributed by atoms with Gasteiger partial charge in [0.2, 0.25) is 0 Å². The first-order valence-electron chi connectivity index (χ1n) is 6.64. The standard InChI is InChI=1S/C15H22BrFN2/c1-14(2)10-19(15(3,4)9-18-14)8-11-6-5-7-12(17)13(11)16/h5-7,18H,8-10H2,1-4H3. The lowest BCUT2D eigenvalue weighted by Crippen LogP contribution is -2.65. The number of hydrogen-bond donors (Lipinski definition) is 1. The molecule has 1 fully saturated rings. The fraction of sp³-hybridized carbons (Fsp3) is 0.600. The maximum absolute atomic E-state index is 13.6. The molecule has 0 aromatic heterocycles. The van der Waals surface area contributed by atoms with E-state index in [0.29, 0.717) is 4.47 Å². The highest BCUT2D eigenvalue weighted by molar-refractivity contribution is 9.10. The van der Waals surface area contributed by atoms with Gasteiger partial charge in [0, 0.05) is 30.7 Å². The highest BCUT2D eigenvalue weighted by Gasteiger charge is 2.37. The summed E-state index contributed by atoms with van der Waals surface area (Å²) < 4.78 is 14.2. The predicted octanol–water partition coefficient (Wildman–Crippen LogP) is 3.55. The van der Waals surface area contributed by atoms with Gasteiger partial charge in [-0.15, -0.1) is 0 Å². The second-order valence-corrected chi connectivity index (χ2v) is 7.41. The predicted molar refractivity (Wildman–Crippen MR) is 80.7 cm³/mol. The molecule has 1 aromatic rings. The first-order valence-corrected chi connectivity index (χ1v) is 7.44. The zero-order valence-corrected chi connectivity index (χ0v) is 13.6. The molecular weight excluding hydrogens is 307 g/mol. The molecule has 0 aliphatic carbocycles. The Morgan fingerprint density at radius 1 is 1.32 bits per heavy atom. The lowest BCUT2D eigenvalue weighted by molar-refractivity contribution is 0.0321. The van der Waals surface area contributed by atoms with Crippen LogP contribution >= 0.6 is 15.9 Å². The topological polar surface area (TPSA) is 15.3 Å². The van der Waals surface area contributed by atoms with E-state index in [1.165, 1.54) is 6.07 Å². The van der Waals surface area contributed by atoms with Gasteiger partial charge in [0.15, 0.2) is 0 Å². The lowest BCUT2D eigenvalue weighted by Gasteiger charge is -2.49. The smallest absolute Gasteiger partial charge is 0.137 e. The Balaban J connectivity index is 2.22. The molecule has 0 atom stereocenters. The fourth-order valence-electron chi connectivity index (χ4n) is 2.46. The van der Waals surface area contributed by atoms with E-state index in [1.54, 1.807) is 6.07 Å². The minimum atomic E-state index is -0.190. The van der Waals surface area contributed by atoms with Crippen LogP contribution in [0.4, 0.5) is 4.39 Å². The molecule has 0 unspecified atom stereocenters. The van der Waals surface area contributed by atoms with E-state index in [1.807, 2.05) is 6.07 Å². The van der Waals surface area contributed by atoms with Gasteiger partial charge in [-0.2, -0.15) is 0 Å². The molecule has 1 saturated heterocycles. The molecule has 4 heteroatoms. The van der Waals surface area contributed by atoms with Crippen LogP contribution in [0, 0.1) is 5.82 Å². The van der Waals surface area contributed by atoms with Crippen LogP contribution in [0.25, 0.3) is 0 Å². The van der Waals surface area contributed by atoms with E-state index in [9.17, 15) is 4.39 Å². The second kappa shape index (κ2) is 5.15. The summed E-state index contributed by atoms with van der Waals surface area (Å²) in [5, 5.41) is 3.56. The van der Waals surface area contributed by atoms with Gasteiger partial charge in [-0.25, -0.2) is 4.39 Å². The first-order chi connectivity index (χ1) is 8.71. The van der Waals surface area contributed by atoms with Crippen LogP contribution in [0.3, 0.4) is 0 Å². The number of halogens is 2. The van der Waals surface area contributed by atoms with Gasteiger partial charge in [0.05, 0.1) is 4.47 Å². The van der Waals surface area contributed by atoms with Crippen LogP contribution in [0.5, 0.6) is 0 Å². The minimum Gasteiger partial charge on any atom is -0.309 e. The van der Waals surface area contributed by atoms with E-state index in [4.69, 9.17) is 0 Å². The molecule has 1 heterocycles. The van der Waals surface area contributed by atoms with Crippen molar-refractivity contribution in [2.24, 2.45) is 0 Å². The summed E-state index contributed by atoms with van der Waals surface area (Å²) in [5.74, 6) is -0.190. The third-order valence-electron chi connectivity index (χ3n) is 3.83. The van der Waals surface area contributed by atoms with Crippen molar-refractivity contribution in [3.05, 3.63) is 34.1 Å². The largest absolute Gasteiger partial charge is 0.309 e. The molecule has 106 valence electrons. The molecule has 1 aliphatic heterocycles. The molecule has 1 N–H and O–H groups in total. The number of nitrogens with zero attached hydrogens (tertiary/aromatic N) is 1. The van der Waals surface area contributed by atoms with Gasteiger partial charge >= 0.3 is 0 Å². The van der Waals surface area contributed by atoms with Gasteiger partial charge < -0.3 is 5.32 Å². The van der Waals surface area contributed by atoms with Crippen molar-refractivity contribution in [1.82, 2.24) is 10.2 Å². The van der Waals surface area contributed by atoms with Gasteiger partial charge in [-0.05, 0) is 55.3 Å². The highest BCUT2D eigenvalue weighted by Crippen LogP contribution is 2.28. The van der Waals surface area contributed by atoms with Crippen LogP contribution in [0.1, 0.15) is 33.3 Å². The molecule has 1 aromatic carbocycles. The van der Waals surface area contributed by atoms with Crippen molar-refractivity contribution in [2.75, 3.05) is 13.1 Å². The van der Waals surface area contributed by atoms with E-state index in [0.717, 1.165) is 25.2 Å². The van der Waals surface area contributed by atoms with E-state index in [-0.39, 0.29) is 16.9 Å². The number of hydrogen-bond acceptors (Lipinski definition) is 2. The molecule has 2 rings (SSSR count). The summed E-state index contributed by atoms with van der Waals surface area (Å²) in [6, 6.07) is 5.24. The van der Waals surface area contributed by atoms with E-state index in [2.05, 4.69) is 53.8 Å². The number of rotatable bonds is 2. The summed E-state index contributed by atoms with van der Waals surface area (Å²) in [5.41, 5.74) is 1.17. The normalized spacial score (nSPS) is 22.4. The molecule has 1 aliphatic rings. The average molecular weight is 329 g/mol. The molecule has 0 amide bonds. The minimum absolute atomic E-state index is 0.0707. The Morgan fingerprint density at radius 3 is 2.68 bits per heavy atom. The van der Waals surface area contributed by atoms with E-state index < -0.39 is 0 Å². The van der Waals surface area contributed by atoms with Crippen molar-refractivity contribution in [2.45, 2.75) is 45.3 Å². The zero-order valence-electron chi connectivity index (χ0n) is 12.1. The molecule has 0 radical (unpaired) electrons. The third-order valence-corrected chi connectivity index (χ3v) is 4.72. The highest BCUT2D eigenvalue weighted by atomic mass is 79.9. The summed E-state index contributed by atoms with van der Waals surface area (Å²) in [4.78, 5) is 2.42. The van der Waals surface area contributed by atoms with Crippen molar-refractivity contribution in [3.8, 4) is 0 Å². The van der Waals surface area contributed by atoms with Crippen LogP contribution in [0.2, 0.25) is 0 Å². The second-order valence-electron chi connectivity index (χ2n) is 6.62. The van der Waals surface area contributed by atoms with Crippen molar-refractivity contribution in [3.63, 3.8) is 0 Å². The number of nitrogens with one attached hydrogen (secondary N) is 1. The van der Waals surface area contributed by atoms with E-state index >= 15 is 0 Å². The Kier molecular flexibility index (Phi) is 4.05. The number of piperazine rings is 1. The Labute approximate surface area is 123 Å². The first kappa shape index (κ1) is 14.9. The molecular formula is C15H22BrFN2. The third kappa shape index (κ3) is 3.36. The quantitative estimate of drug-likeness (QED) is 0.893. The molecule has 2 nitrogen and oxygen atoms in total. The zero-order chi connectivity index (χ0) is 14.3. The van der Waals surface area contributed by atoms with Crippen LogP contribution in [-0.4, -0.2) is 29.1 Å². The van der Waals surface area contributed by atoms with Gasteiger partial charge in [0.1, 0.15) is 5.82 Å². The van der Waals surface area contributed by atoms with Gasteiger partial charge in [0.25, 0.3) is 0 Å². The lowest BCUT2D eigenvalue weighted by atomic mass is 9.91. The van der Waals surface area contributed by atoms with Crippen LogP contribution in [0.15, 0.2) is 22.7 Å². The van der Waals surface area contributed by atoms with Crippen LogP contribution < -0.4 is 5.32 Å². The fourth-order valence-corrected chi connectivity index (χ4v) is 2.85. The monoisotopic (exact) mass is 328 g/mol. The van der Waals surface area contributed by atoms with Crippen LogP contribution in [-0.2, 0) is 6.54 Å². The summed E-state index contributed by atoms with van der Waals surface area (Å²) in [6.45, 7) is 11.5. The molecule has 19 heavy (non-hydrogen) atoms. The van der Waals surface area contributed by atoms with Gasteiger partial charge in [-0.3, -0.25) is 4.90 Å². The molecule has 0 spiro atoms. The Morgan fingerprint density at radius 2 is 2.00 bits per heavy atom. The Bertz CT molecular complexity index is 471. The SMILES string of the molecule is CC1(C)CN(Cc2cccc(F)c2Br)C(C)(C)CN1. The van der Waals surface area contributed by atoms with Gasteiger partial charge in [-0.1, -0.05) is 12.1 Å². The van der Waals surface area contributed by atoms with Crippen molar-refractivity contribution in [1.29, 1.82) is 0 Å². The van der Waals surface area contributed by atoms with Crippen molar-refractivity contribution < 1.29 is 4.39 Å². The molecule has 0 saturated carbocycles. The number of benzene rings is 1. The summed E-state index contributed by atoms with van der Waals surface area (Å²) in [7, 11) is 0. The average Bonchev–Trinajstić information content (AvgIpc) is 2.30. The summed E-state index contributed by atoms with van der Waals surface area (Å²) in [6.07, 6.45) is 0.